The van der Waals surface area contributed by atoms with Gasteiger partial charge in [-0.15, -0.1) is 0 Å². The number of aliphatic hydroxyl groups is 1. The van der Waals surface area contributed by atoms with Crippen LogP contribution in [0.25, 0.3) is 22.5 Å². The van der Waals surface area contributed by atoms with Crippen LogP contribution in [-0.2, 0) is 0 Å². The Hall–Kier alpha value is -3.00. The van der Waals surface area contributed by atoms with E-state index in [1.165, 1.54) is 0 Å². The number of carbonyl (C=O) groups excluding carboxylic acids is 1. The van der Waals surface area contributed by atoms with E-state index >= 15 is 0 Å². The van der Waals surface area contributed by atoms with Gasteiger partial charge >= 0.3 is 5.97 Å². The van der Waals surface area contributed by atoms with Crippen molar-refractivity contribution >= 4 is 35.1 Å². The highest BCUT2D eigenvalue weighted by molar-refractivity contribution is 6.31. The SMILES string of the molecule is O=C(O)c1nc(-c2ccc(Cl)cc2)c(-c2ccc(Cl)cc2)nc1C(=O)N[C@H]1CCCC[C@@H]1O. The van der Waals surface area contributed by atoms with Crippen molar-refractivity contribution in [3.8, 4) is 22.5 Å². The van der Waals surface area contributed by atoms with E-state index in [1.54, 1.807) is 48.5 Å². The van der Waals surface area contributed by atoms with Gasteiger partial charge in [-0.3, -0.25) is 4.79 Å². The maximum atomic E-state index is 13.1. The maximum Gasteiger partial charge on any atom is 0.357 e. The fourth-order valence-corrected chi connectivity index (χ4v) is 4.13. The normalized spacial score (nSPS) is 18.0. The molecule has 7 nitrogen and oxygen atoms in total. The van der Waals surface area contributed by atoms with Crippen LogP contribution in [-0.4, -0.2) is 44.2 Å². The number of hydrogen-bond donors (Lipinski definition) is 3. The molecule has 0 unspecified atom stereocenters. The summed E-state index contributed by atoms with van der Waals surface area (Å²) < 4.78 is 0. The van der Waals surface area contributed by atoms with Gasteiger partial charge in [-0.25, -0.2) is 14.8 Å². The Morgan fingerprint density at radius 2 is 1.30 bits per heavy atom. The van der Waals surface area contributed by atoms with Crippen molar-refractivity contribution in [2.24, 2.45) is 0 Å². The number of nitrogens with zero attached hydrogens (tertiary/aromatic N) is 2. The summed E-state index contributed by atoms with van der Waals surface area (Å²) in [5.41, 5.74) is 1.03. The minimum Gasteiger partial charge on any atom is -0.476 e. The Bertz CT molecular complexity index is 1180. The highest BCUT2D eigenvalue weighted by atomic mass is 35.5. The lowest BCUT2D eigenvalue weighted by molar-refractivity contribution is 0.0666. The number of carbonyl (C=O) groups is 2. The fourth-order valence-electron chi connectivity index (χ4n) is 3.88. The van der Waals surface area contributed by atoms with Crippen molar-refractivity contribution in [2.75, 3.05) is 0 Å². The van der Waals surface area contributed by atoms with Gasteiger partial charge in [0.1, 0.15) is 0 Å². The number of hydrogen-bond acceptors (Lipinski definition) is 5. The first-order valence-corrected chi connectivity index (χ1v) is 11.2. The second kappa shape index (κ2) is 9.87. The molecule has 3 aromatic rings. The average Bonchev–Trinajstić information content (AvgIpc) is 2.81. The van der Waals surface area contributed by atoms with Crippen LogP contribution < -0.4 is 5.32 Å². The molecule has 33 heavy (non-hydrogen) atoms. The Morgan fingerprint density at radius 3 is 1.79 bits per heavy atom. The first-order chi connectivity index (χ1) is 15.8. The van der Waals surface area contributed by atoms with E-state index in [0.29, 0.717) is 45.4 Å². The summed E-state index contributed by atoms with van der Waals surface area (Å²) in [6.07, 6.45) is 2.24. The summed E-state index contributed by atoms with van der Waals surface area (Å²) in [5.74, 6) is -2.07. The molecule has 4 rings (SSSR count). The molecule has 170 valence electrons. The van der Waals surface area contributed by atoms with E-state index in [9.17, 15) is 19.8 Å². The highest BCUT2D eigenvalue weighted by Crippen LogP contribution is 2.32. The smallest absolute Gasteiger partial charge is 0.357 e. The molecule has 2 aromatic carbocycles. The molecule has 1 aromatic heterocycles. The molecule has 2 atom stereocenters. The second-order valence-corrected chi connectivity index (χ2v) is 8.74. The van der Waals surface area contributed by atoms with Crippen molar-refractivity contribution in [1.82, 2.24) is 15.3 Å². The van der Waals surface area contributed by atoms with Gasteiger partial charge in [0.15, 0.2) is 11.4 Å². The second-order valence-electron chi connectivity index (χ2n) is 7.87. The first-order valence-electron chi connectivity index (χ1n) is 10.5. The summed E-state index contributed by atoms with van der Waals surface area (Å²) in [7, 11) is 0. The number of nitrogens with one attached hydrogen (secondary N) is 1. The van der Waals surface area contributed by atoms with Gasteiger partial charge in [-0.05, 0) is 37.1 Å². The van der Waals surface area contributed by atoms with Crippen LogP contribution in [0.3, 0.4) is 0 Å². The number of amides is 1. The van der Waals surface area contributed by atoms with Crippen LogP contribution in [0.4, 0.5) is 0 Å². The van der Waals surface area contributed by atoms with Crippen molar-refractivity contribution in [3.05, 3.63) is 70.0 Å². The van der Waals surface area contributed by atoms with Crippen molar-refractivity contribution in [1.29, 1.82) is 0 Å². The predicted molar refractivity (Wildman–Crippen MR) is 126 cm³/mol. The van der Waals surface area contributed by atoms with Gasteiger partial charge in [-0.1, -0.05) is 60.3 Å². The molecule has 3 N–H and O–H groups in total. The minimum absolute atomic E-state index is 0.292. The van der Waals surface area contributed by atoms with E-state index in [1.807, 2.05) is 0 Å². The van der Waals surface area contributed by atoms with E-state index in [0.717, 1.165) is 12.8 Å². The molecule has 1 aliphatic rings. The van der Waals surface area contributed by atoms with E-state index in [4.69, 9.17) is 23.2 Å². The lowest BCUT2D eigenvalue weighted by atomic mass is 9.92. The van der Waals surface area contributed by atoms with Crippen LogP contribution in [0.1, 0.15) is 46.7 Å². The lowest BCUT2D eigenvalue weighted by Crippen LogP contribution is -2.45. The monoisotopic (exact) mass is 485 g/mol. The Morgan fingerprint density at radius 1 is 0.818 bits per heavy atom. The minimum atomic E-state index is -1.38. The molecule has 1 aliphatic carbocycles. The molecule has 0 spiro atoms. The zero-order chi connectivity index (χ0) is 23.5. The maximum absolute atomic E-state index is 13.1. The third-order valence-electron chi connectivity index (χ3n) is 5.59. The van der Waals surface area contributed by atoms with Crippen LogP contribution in [0.2, 0.25) is 10.0 Å². The third-order valence-corrected chi connectivity index (χ3v) is 6.10. The van der Waals surface area contributed by atoms with Crippen LogP contribution in [0.15, 0.2) is 48.5 Å². The van der Waals surface area contributed by atoms with Gasteiger partial charge in [0.05, 0.1) is 23.5 Å². The molecule has 0 bridgehead atoms. The zero-order valence-corrected chi connectivity index (χ0v) is 19.0. The average molecular weight is 486 g/mol. The number of carboxylic acids is 1. The van der Waals surface area contributed by atoms with Crippen LogP contribution in [0, 0.1) is 0 Å². The summed E-state index contributed by atoms with van der Waals surface area (Å²) in [4.78, 5) is 33.9. The number of halogens is 2. The third kappa shape index (κ3) is 5.16. The lowest BCUT2D eigenvalue weighted by Gasteiger charge is -2.28. The number of rotatable bonds is 5. The molecule has 1 heterocycles. The van der Waals surface area contributed by atoms with Crippen LogP contribution >= 0.6 is 23.2 Å². The zero-order valence-electron chi connectivity index (χ0n) is 17.5. The molecule has 9 heteroatoms. The van der Waals surface area contributed by atoms with Crippen LogP contribution in [0.5, 0.6) is 0 Å². The molecular formula is C24H21Cl2N3O4. The topological polar surface area (TPSA) is 112 Å². The van der Waals surface area contributed by atoms with E-state index in [-0.39, 0.29) is 5.69 Å². The summed E-state index contributed by atoms with van der Waals surface area (Å²) >= 11 is 12.0. The molecule has 0 aliphatic heterocycles. The van der Waals surface area contributed by atoms with Gasteiger partial charge in [0, 0.05) is 21.2 Å². The Labute approximate surface area is 200 Å². The molecule has 1 amide bonds. The molecular weight excluding hydrogens is 465 g/mol. The van der Waals surface area contributed by atoms with Crippen molar-refractivity contribution in [2.45, 2.75) is 37.8 Å². The molecule has 1 saturated carbocycles. The first kappa shape index (κ1) is 23.2. The summed E-state index contributed by atoms with van der Waals surface area (Å²) in [5, 5.41) is 23.8. The van der Waals surface area contributed by atoms with Gasteiger partial charge < -0.3 is 15.5 Å². The Kier molecular flexibility index (Phi) is 6.93. The number of aliphatic hydroxyl groups excluding tert-OH is 1. The Balaban J connectivity index is 1.85. The number of benzene rings is 2. The van der Waals surface area contributed by atoms with E-state index in [2.05, 4.69) is 15.3 Å². The summed E-state index contributed by atoms with van der Waals surface area (Å²) in [6.45, 7) is 0. The molecule has 1 fully saturated rings. The molecule has 0 radical (unpaired) electrons. The summed E-state index contributed by atoms with van der Waals surface area (Å²) in [6, 6.07) is 13.1. The van der Waals surface area contributed by atoms with Gasteiger partial charge in [-0.2, -0.15) is 0 Å². The largest absolute Gasteiger partial charge is 0.476 e. The van der Waals surface area contributed by atoms with E-state index < -0.39 is 29.7 Å². The number of aromatic nitrogens is 2. The number of carboxylic acid groups (broad SMARTS) is 1. The van der Waals surface area contributed by atoms with Crippen molar-refractivity contribution in [3.63, 3.8) is 0 Å². The highest BCUT2D eigenvalue weighted by Gasteiger charge is 2.29. The van der Waals surface area contributed by atoms with Gasteiger partial charge in [0.2, 0.25) is 0 Å². The fraction of sp³-hybridized carbons (Fsp3) is 0.250. The quantitative estimate of drug-likeness (QED) is 0.476. The standard InChI is InChI=1S/C24H21Cl2N3O4/c25-15-9-5-13(6-10-15)19-20(14-7-11-16(26)12-8-14)29-22(24(32)33)21(28-19)23(31)27-17-3-1-2-4-18(17)30/h5-12,17-18,30H,1-4H2,(H,27,31)(H,32,33)/t17-,18-/m0/s1. The predicted octanol–water partition coefficient (Wildman–Crippen LogP) is 4.85. The van der Waals surface area contributed by atoms with Crippen molar-refractivity contribution < 1.29 is 19.8 Å². The van der Waals surface area contributed by atoms with Gasteiger partial charge in [0.25, 0.3) is 5.91 Å². The molecule has 0 saturated heterocycles. The number of aromatic carboxylic acids is 1.